The van der Waals surface area contributed by atoms with Crippen LogP contribution in [0.2, 0.25) is 0 Å². The molecule has 0 radical (unpaired) electrons. The normalized spacial score (nSPS) is 10.2. The molecule has 2 heteroatoms. The van der Waals surface area contributed by atoms with Crippen LogP contribution in [-0.2, 0) is 18.7 Å². The Labute approximate surface area is 78.8 Å². The Morgan fingerprint density at radius 2 is 1.67 bits per heavy atom. The van der Waals surface area contributed by atoms with Gasteiger partial charge in [-0.25, -0.2) is 0 Å². The van der Waals surface area contributed by atoms with Crippen LogP contribution < -0.4 is 0 Å². The van der Waals surface area contributed by atoms with E-state index in [1.165, 1.54) is 5.56 Å². The lowest BCUT2D eigenvalue weighted by Crippen LogP contribution is -1.95. The topological polar surface area (TPSA) is 12.9 Å². The molecule has 1 aromatic rings. The van der Waals surface area contributed by atoms with Crippen molar-refractivity contribution in [3.63, 3.8) is 0 Å². The van der Waals surface area contributed by atoms with E-state index in [-0.39, 0.29) is 0 Å². The van der Waals surface area contributed by atoms with Gasteiger partial charge in [-0.1, -0.05) is 13.8 Å². The average molecular weight is 184 g/mol. The number of hydrogen-bond acceptors (Lipinski definition) is 1. The molecule has 66 valence electrons. The first-order chi connectivity index (χ1) is 5.80. The van der Waals surface area contributed by atoms with Gasteiger partial charge in [0.15, 0.2) is 0 Å². The molecule has 1 aromatic heterocycles. The smallest absolute Gasteiger partial charge is 0.0475 e. The van der Waals surface area contributed by atoms with Crippen LogP contribution in [0.4, 0.5) is 0 Å². The lowest BCUT2D eigenvalue weighted by Gasteiger charge is -2.03. The molecule has 0 amide bonds. The predicted octanol–water partition coefficient (Wildman–Crippen LogP) is 2.95. The zero-order valence-electron chi connectivity index (χ0n) is 7.60. The Morgan fingerprint density at radius 3 is 2.00 bits per heavy atom. The summed E-state index contributed by atoms with van der Waals surface area (Å²) < 4.78 is 0. The van der Waals surface area contributed by atoms with E-state index in [2.05, 4.69) is 31.0 Å². The first kappa shape index (κ1) is 9.53. The van der Waals surface area contributed by atoms with E-state index in [1.54, 1.807) is 0 Å². The molecule has 12 heavy (non-hydrogen) atoms. The van der Waals surface area contributed by atoms with Crippen molar-refractivity contribution in [3.05, 3.63) is 29.1 Å². The van der Waals surface area contributed by atoms with Gasteiger partial charge in [-0.2, -0.15) is 0 Å². The van der Waals surface area contributed by atoms with Crippen LogP contribution in [0.25, 0.3) is 0 Å². The van der Waals surface area contributed by atoms with Gasteiger partial charge < -0.3 is 0 Å². The van der Waals surface area contributed by atoms with Crippen molar-refractivity contribution in [2.24, 2.45) is 0 Å². The summed E-state index contributed by atoms with van der Waals surface area (Å²) in [6.07, 6.45) is 1.97. The zero-order chi connectivity index (χ0) is 8.97. The lowest BCUT2D eigenvalue weighted by atomic mass is 10.1. The van der Waals surface area contributed by atoms with E-state index in [0.29, 0.717) is 5.88 Å². The van der Waals surface area contributed by atoms with Crippen LogP contribution in [0.15, 0.2) is 12.1 Å². The molecule has 0 fully saturated rings. The molecule has 0 atom stereocenters. The van der Waals surface area contributed by atoms with Gasteiger partial charge in [0.2, 0.25) is 0 Å². The van der Waals surface area contributed by atoms with E-state index in [4.69, 9.17) is 11.6 Å². The van der Waals surface area contributed by atoms with E-state index >= 15 is 0 Å². The summed E-state index contributed by atoms with van der Waals surface area (Å²) in [5.41, 5.74) is 3.47. The SMILES string of the molecule is CCc1cc(CCl)cc(CC)n1. The van der Waals surface area contributed by atoms with Crippen molar-refractivity contribution in [1.29, 1.82) is 0 Å². The fourth-order valence-electron chi connectivity index (χ4n) is 1.16. The maximum Gasteiger partial charge on any atom is 0.0475 e. The largest absolute Gasteiger partial charge is 0.258 e. The molecule has 0 unspecified atom stereocenters. The summed E-state index contributed by atoms with van der Waals surface area (Å²) in [5.74, 6) is 0.586. The highest BCUT2D eigenvalue weighted by Gasteiger charge is 1.98. The number of aryl methyl sites for hydroxylation is 2. The second kappa shape index (κ2) is 4.46. The minimum Gasteiger partial charge on any atom is -0.258 e. The molecule has 0 saturated heterocycles. The fourth-order valence-corrected chi connectivity index (χ4v) is 1.31. The molecule has 1 nitrogen and oxygen atoms in total. The van der Waals surface area contributed by atoms with Gasteiger partial charge in [0.05, 0.1) is 0 Å². The average Bonchev–Trinajstić information content (AvgIpc) is 2.16. The third kappa shape index (κ3) is 2.21. The second-order valence-corrected chi connectivity index (χ2v) is 3.07. The Hall–Kier alpha value is -0.560. The summed E-state index contributed by atoms with van der Waals surface area (Å²) in [5, 5.41) is 0. The molecule has 0 aliphatic rings. The maximum atomic E-state index is 5.76. The van der Waals surface area contributed by atoms with Crippen molar-refractivity contribution in [1.82, 2.24) is 4.98 Å². The number of rotatable bonds is 3. The molecule has 0 aliphatic carbocycles. The van der Waals surface area contributed by atoms with Gasteiger partial charge in [0, 0.05) is 17.3 Å². The van der Waals surface area contributed by atoms with Crippen LogP contribution in [0.3, 0.4) is 0 Å². The Bertz CT molecular complexity index is 203. The summed E-state index contributed by atoms with van der Waals surface area (Å²) in [6, 6.07) is 4.15. The minimum absolute atomic E-state index is 0.586. The van der Waals surface area contributed by atoms with E-state index in [9.17, 15) is 0 Å². The third-order valence-electron chi connectivity index (χ3n) is 1.87. The van der Waals surface area contributed by atoms with Crippen LogP contribution >= 0.6 is 11.6 Å². The molecule has 1 heterocycles. The molecule has 1 rings (SSSR count). The van der Waals surface area contributed by atoms with Crippen molar-refractivity contribution in [2.45, 2.75) is 32.6 Å². The molecule has 0 N–H and O–H groups in total. The standard InChI is InChI=1S/C10H14ClN/c1-3-9-5-8(7-11)6-10(4-2)12-9/h5-6H,3-4,7H2,1-2H3. The van der Waals surface area contributed by atoms with E-state index in [1.807, 2.05) is 0 Å². The van der Waals surface area contributed by atoms with Crippen molar-refractivity contribution in [3.8, 4) is 0 Å². The van der Waals surface area contributed by atoms with E-state index in [0.717, 1.165) is 24.2 Å². The summed E-state index contributed by atoms with van der Waals surface area (Å²) in [6.45, 7) is 4.22. The summed E-state index contributed by atoms with van der Waals surface area (Å²) >= 11 is 5.76. The number of hydrogen-bond donors (Lipinski definition) is 0. The quantitative estimate of drug-likeness (QED) is 0.657. The van der Waals surface area contributed by atoms with Gasteiger partial charge in [0.25, 0.3) is 0 Å². The number of aromatic nitrogens is 1. The van der Waals surface area contributed by atoms with Gasteiger partial charge >= 0.3 is 0 Å². The zero-order valence-corrected chi connectivity index (χ0v) is 8.36. The second-order valence-electron chi connectivity index (χ2n) is 2.80. The van der Waals surface area contributed by atoms with Crippen LogP contribution in [0, 0.1) is 0 Å². The molecular formula is C10H14ClN. The Morgan fingerprint density at radius 1 is 1.17 bits per heavy atom. The van der Waals surface area contributed by atoms with Gasteiger partial charge in [0.1, 0.15) is 0 Å². The van der Waals surface area contributed by atoms with Gasteiger partial charge in [-0.05, 0) is 30.5 Å². The predicted molar refractivity (Wildman–Crippen MR) is 52.6 cm³/mol. The highest BCUT2D eigenvalue weighted by atomic mass is 35.5. The molecular weight excluding hydrogens is 170 g/mol. The molecule has 0 aliphatic heterocycles. The fraction of sp³-hybridized carbons (Fsp3) is 0.500. The number of pyridine rings is 1. The first-order valence-electron chi connectivity index (χ1n) is 4.34. The first-order valence-corrected chi connectivity index (χ1v) is 4.88. The molecule has 0 spiro atoms. The van der Waals surface area contributed by atoms with Crippen LogP contribution in [-0.4, -0.2) is 4.98 Å². The number of nitrogens with zero attached hydrogens (tertiary/aromatic N) is 1. The number of alkyl halides is 1. The van der Waals surface area contributed by atoms with Crippen LogP contribution in [0.5, 0.6) is 0 Å². The summed E-state index contributed by atoms with van der Waals surface area (Å²) in [7, 11) is 0. The van der Waals surface area contributed by atoms with E-state index < -0.39 is 0 Å². The minimum atomic E-state index is 0.586. The van der Waals surface area contributed by atoms with Crippen molar-refractivity contribution >= 4 is 11.6 Å². The lowest BCUT2D eigenvalue weighted by molar-refractivity contribution is 0.945. The van der Waals surface area contributed by atoms with Gasteiger partial charge in [-0.3, -0.25) is 4.98 Å². The Balaban J connectivity index is 3.01. The maximum absolute atomic E-state index is 5.76. The Kier molecular flexibility index (Phi) is 3.54. The highest BCUT2D eigenvalue weighted by Crippen LogP contribution is 2.09. The van der Waals surface area contributed by atoms with Crippen molar-refractivity contribution in [2.75, 3.05) is 0 Å². The van der Waals surface area contributed by atoms with Gasteiger partial charge in [-0.15, -0.1) is 11.6 Å². The molecule has 0 saturated carbocycles. The molecule has 0 aromatic carbocycles. The van der Waals surface area contributed by atoms with Crippen molar-refractivity contribution < 1.29 is 0 Å². The van der Waals surface area contributed by atoms with Crippen LogP contribution in [0.1, 0.15) is 30.8 Å². The number of halogens is 1. The molecule has 0 bridgehead atoms. The monoisotopic (exact) mass is 183 g/mol. The summed E-state index contributed by atoms with van der Waals surface area (Å²) in [4.78, 5) is 4.46. The third-order valence-corrected chi connectivity index (χ3v) is 2.18. The highest BCUT2D eigenvalue weighted by molar-refractivity contribution is 6.17.